The van der Waals surface area contributed by atoms with Crippen molar-refractivity contribution in [3.05, 3.63) is 41.6 Å². The first-order valence-electron chi connectivity index (χ1n) is 10.6. The van der Waals surface area contributed by atoms with Gasteiger partial charge in [-0.25, -0.2) is 4.98 Å². The zero-order valence-corrected chi connectivity index (χ0v) is 18.8. The van der Waals surface area contributed by atoms with Crippen molar-refractivity contribution in [1.82, 2.24) is 25.3 Å². The monoisotopic (exact) mass is 458 g/mol. The van der Waals surface area contributed by atoms with Gasteiger partial charge in [-0.3, -0.25) is 0 Å². The summed E-state index contributed by atoms with van der Waals surface area (Å²) in [6, 6.07) is 5.99. The molecule has 0 saturated carbocycles. The van der Waals surface area contributed by atoms with Crippen LogP contribution in [0.4, 0.5) is 23.5 Å². The van der Waals surface area contributed by atoms with E-state index < -0.39 is 0 Å². The molecule has 3 aromatic rings. The van der Waals surface area contributed by atoms with Gasteiger partial charge in [0.25, 0.3) is 0 Å². The van der Waals surface area contributed by atoms with Gasteiger partial charge in [-0.1, -0.05) is 18.5 Å². The number of nitrogens with one attached hydrogen (secondary N) is 4. The van der Waals surface area contributed by atoms with Crippen LogP contribution in [0.2, 0.25) is 5.02 Å². The number of hydrogen-bond acceptors (Lipinski definition) is 10. The fraction of sp³-hybridized carbons (Fsp3) is 0.429. The lowest BCUT2D eigenvalue weighted by atomic mass is 10.0. The minimum absolute atomic E-state index is 0.213. The van der Waals surface area contributed by atoms with E-state index in [1.54, 1.807) is 25.4 Å². The molecule has 2 aromatic heterocycles. The number of anilines is 4. The van der Waals surface area contributed by atoms with Crippen LogP contribution in [0.3, 0.4) is 0 Å². The Balaban J connectivity index is 1.56. The van der Waals surface area contributed by atoms with E-state index in [4.69, 9.17) is 20.8 Å². The van der Waals surface area contributed by atoms with Gasteiger partial charge >= 0.3 is 0 Å². The molecule has 0 amide bonds. The van der Waals surface area contributed by atoms with Crippen molar-refractivity contribution in [1.29, 1.82) is 0 Å². The third kappa shape index (κ3) is 5.57. The highest BCUT2D eigenvalue weighted by Gasteiger charge is 2.24. The van der Waals surface area contributed by atoms with Gasteiger partial charge in [0.15, 0.2) is 6.39 Å². The topological polar surface area (TPSA) is 122 Å². The van der Waals surface area contributed by atoms with E-state index in [1.807, 2.05) is 6.07 Å². The normalized spacial score (nSPS) is 16.5. The van der Waals surface area contributed by atoms with Crippen LogP contribution in [0.1, 0.15) is 31.9 Å². The van der Waals surface area contributed by atoms with Crippen molar-refractivity contribution < 1.29 is 9.15 Å². The summed E-state index contributed by atoms with van der Waals surface area (Å²) in [5.41, 5.74) is 0.735. The number of nitrogens with zero attached hydrogens (tertiary/aromatic N) is 4. The molecule has 1 aromatic carbocycles. The molecule has 170 valence electrons. The molecule has 0 radical (unpaired) electrons. The minimum Gasteiger partial charge on any atom is -0.495 e. The van der Waals surface area contributed by atoms with Gasteiger partial charge in [0, 0.05) is 17.8 Å². The molecule has 3 heterocycles. The molecule has 0 aliphatic carbocycles. The average Bonchev–Trinajstić information content (AvgIpc) is 3.50. The molecule has 0 bridgehead atoms. The SMILES string of the molecule is CCC(Nc1nc(NCc2cnco2)nc(Nc2ccc(OC)c(Cl)c2)n1)C1CCCN1. The summed E-state index contributed by atoms with van der Waals surface area (Å²) < 4.78 is 10.5. The quantitative estimate of drug-likeness (QED) is 0.356. The van der Waals surface area contributed by atoms with Gasteiger partial charge in [0.05, 0.1) is 24.9 Å². The number of rotatable bonds is 10. The van der Waals surface area contributed by atoms with Crippen LogP contribution in [0.5, 0.6) is 5.75 Å². The molecule has 1 aliphatic rings. The molecular weight excluding hydrogens is 432 g/mol. The maximum Gasteiger partial charge on any atom is 0.233 e. The lowest BCUT2D eigenvalue weighted by Crippen LogP contribution is -2.40. The van der Waals surface area contributed by atoms with Crippen molar-refractivity contribution >= 4 is 35.1 Å². The van der Waals surface area contributed by atoms with Gasteiger partial charge < -0.3 is 30.4 Å². The van der Waals surface area contributed by atoms with Gasteiger partial charge in [-0.15, -0.1) is 0 Å². The second kappa shape index (κ2) is 10.5. The third-order valence-electron chi connectivity index (χ3n) is 5.29. The highest BCUT2D eigenvalue weighted by Crippen LogP contribution is 2.28. The van der Waals surface area contributed by atoms with Gasteiger partial charge in [0.1, 0.15) is 11.5 Å². The number of halogens is 1. The molecule has 11 heteroatoms. The predicted molar refractivity (Wildman–Crippen MR) is 124 cm³/mol. The van der Waals surface area contributed by atoms with Crippen molar-refractivity contribution in [2.45, 2.75) is 44.8 Å². The highest BCUT2D eigenvalue weighted by atomic mass is 35.5. The maximum atomic E-state index is 6.26. The number of aromatic nitrogens is 4. The molecule has 4 N–H and O–H groups in total. The first kappa shape index (κ1) is 22.1. The average molecular weight is 459 g/mol. The second-order valence-electron chi connectivity index (χ2n) is 7.46. The van der Waals surface area contributed by atoms with Crippen LogP contribution in [-0.2, 0) is 6.54 Å². The summed E-state index contributed by atoms with van der Waals surface area (Å²) in [4.78, 5) is 17.6. The molecule has 10 nitrogen and oxygen atoms in total. The summed E-state index contributed by atoms with van der Waals surface area (Å²) in [6.45, 7) is 3.59. The summed E-state index contributed by atoms with van der Waals surface area (Å²) in [7, 11) is 1.58. The predicted octanol–water partition coefficient (Wildman–Crippen LogP) is 3.82. The standard InChI is InChI=1S/C21H27ClN8O2/c1-3-16(17-5-4-8-24-17)27-21-29-19(25-11-14-10-23-12-32-14)28-20(30-21)26-13-6-7-18(31-2)15(22)9-13/h6-7,9-10,12,16-17,24H,3-5,8,11H2,1-2H3,(H3,25,26,27,28,29,30). The molecular formula is C21H27ClN8O2. The Morgan fingerprint density at radius 3 is 2.78 bits per heavy atom. The second-order valence-corrected chi connectivity index (χ2v) is 7.87. The summed E-state index contributed by atoms with van der Waals surface area (Å²) >= 11 is 6.26. The molecule has 2 unspecified atom stereocenters. The lowest BCUT2D eigenvalue weighted by molar-refractivity contribution is 0.415. The van der Waals surface area contributed by atoms with Crippen LogP contribution in [0.15, 0.2) is 35.2 Å². The van der Waals surface area contributed by atoms with Crippen LogP contribution in [-0.4, -0.2) is 45.7 Å². The Morgan fingerprint density at radius 2 is 2.09 bits per heavy atom. The Morgan fingerprint density at radius 1 is 1.25 bits per heavy atom. The van der Waals surface area contributed by atoms with E-state index in [1.165, 1.54) is 12.8 Å². The van der Waals surface area contributed by atoms with E-state index in [9.17, 15) is 0 Å². The highest BCUT2D eigenvalue weighted by molar-refractivity contribution is 6.32. The van der Waals surface area contributed by atoms with Gasteiger partial charge in [-0.05, 0) is 44.0 Å². The van der Waals surface area contributed by atoms with E-state index in [-0.39, 0.29) is 6.04 Å². The fourth-order valence-electron chi connectivity index (χ4n) is 3.65. The number of oxazole rings is 1. The zero-order chi connectivity index (χ0) is 22.3. The van der Waals surface area contributed by atoms with Crippen molar-refractivity contribution in [3.63, 3.8) is 0 Å². The molecule has 1 fully saturated rings. The zero-order valence-electron chi connectivity index (χ0n) is 18.1. The van der Waals surface area contributed by atoms with E-state index in [0.717, 1.165) is 25.1 Å². The smallest absolute Gasteiger partial charge is 0.233 e. The van der Waals surface area contributed by atoms with Gasteiger partial charge in [0.2, 0.25) is 17.8 Å². The number of ether oxygens (including phenoxy) is 1. The third-order valence-corrected chi connectivity index (χ3v) is 5.58. The Hall–Kier alpha value is -3.11. The van der Waals surface area contributed by atoms with Crippen molar-refractivity contribution in [2.24, 2.45) is 0 Å². The van der Waals surface area contributed by atoms with E-state index in [0.29, 0.717) is 47.0 Å². The number of hydrogen-bond donors (Lipinski definition) is 4. The van der Waals surface area contributed by atoms with Crippen molar-refractivity contribution in [3.8, 4) is 5.75 Å². The van der Waals surface area contributed by atoms with Gasteiger partial charge in [-0.2, -0.15) is 15.0 Å². The lowest BCUT2D eigenvalue weighted by Gasteiger charge is -2.24. The van der Waals surface area contributed by atoms with E-state index in [2.05, 4.69) is 48.1 Å². The van der Waals surface area contributed by atoms with Crippen LogP contribution < -0.4 is 26.0 Å². The van der Waals surface area contributed by atoms with Crippen LogP contribution in [0, 0.1) is 0 Å². The molecule has 32 heavy (non-hydrogen) atoms. The Labute approximate surface area is 191 Å². The van der Waals surface area contributed by atoms with E-state index >= 15 is 0 Å². The first-order chi connectivity index (χ1) is 15.6. The summed E-state index contributed by atoms with van der Waals surface area (Å²) in [6.07, 6.45) is 6.28. The largest absolute Gasteiger partial charge is 0.495 e. The summed E-state index contributed by atoms with van der Waals surface area (Å²) in [5.74, 6) is 2.56. The molecule has 1 aliphatic heterocycles. The fourth-order valence-corrected chi connectivity index (χ4v) is 3.91. The van der Waals surface area contributed by atoms with Crippen LogP contribution in [0.25, 0.3) is 0 Å². The van der Waals surface area contributed by atoms with Crippen molar-refractivity contribution in [2.75, 3.05) is 29.6 Å². The Bertz CT molecular complexity index is 1010. The number of benzene rings is 1. The molecule has 1 saturated heterocycles. The molecule has 2 atom stereocenters. The van der Waals surface area contributed by atoms with Crippen LogP contribution >= 0.6 is 11.6 Å². The minimum atomic E-state index is 0.213. The summed E-state index contributed by atoms with van der Waals surface area (Å²) in [5, 5.41) is 13.9. The Kier molecular flexibility index (Phi) is 7.23. The molecule has 4 rings (SSSR count). The first-order valence-corrected chi connectivity index (χ1v) is 11.0. The number of methoxy groups -OCH3 is 1. The molecule has 0 spiro atoms. The maximum absolute atomic E-state index is 6.26.